The summed E-state index contributed by atoms with van der Waals surface area (Å²) in [6, 6.07) is 6.06. The Bertz CT molecular complexity index is 983. The first-order valence-corrected chi connectivity index (χ1v) is 8.94. The molecule has 2 aromatic rings. The van der Waals surface area contributed by atoms with Crippen molar-refractivity contribution in [3.05, 3.63) is 39.7 Å². The number of aromatic hydroxyl groups is 2. The number of benzene rings is 1. The fourth-order valence-electron chi connectivity index (χ4n) is 2.37. The summed E-state index contributed by atoms with van der Waals surface area (Å²) in [6.07, 6.45) is 1.42. The third-order valence-electron chi connectivity index (χ3n) is 3.87. The van der Waals surface area contributed by atoms with Gasteiger partial charge in [-0.3, -0.25) is 9.36 Å². The Labute approximate surface area is 164 Å². The van der Waals surface area contributed by atoms with Gasteiger partial charge in [0, 0.05) is 17.0 Å². The summed E-state index contributed by atoms with van der Waals surface area (Å²) in [7, 11) is 0. The van der Waals surface area contributed by atoms with Gasteiger partial charge in [0.25, 0.3) is 5.56 Å². The van der Waals surface area contributed by atoms with E-state index >= 15 is 0 Å². The van der Waals surface area contributed by atoms with Crippen LogP contribution in [-0.4, -0.2) is 20.0 Å². The third-order valence-corrected chi connectivity index (χ3v) is 4.44. The lowest BCUT2D eigenvalue weighted by molar-refractivity contribution is -0.432. The van der Waals surface area contributed by atoms with Crippen LogP contribution in [0, 0.1) is 18.3 Å². The van der Waals surface area contributed by atoms with Crippen molar-refractivity contribution in [2.75, 3.05) is 0 Å². The molecule has 148 valence electrons. The first-order chi connectivity index (χ1) is 13.4. The molecule has 11 heteroatoms. The standard InChI is InChI=1S/C17H18N4O6S/c1-3-4-7-21-16(23)12(9-18)10(2)15(17(21)24)20-19-13-8-11(28-27-26-25)5-6-14(13)22/h5-6,8,22-23,25H,3-4,7H2,1-2H3. The molecule has 0 aliphatic heterocycles. The summed E-state index contributed by atoms with van der Waals surface area (Å²) in [5, 5.41) is 49.0. The van der Waals surface area contributed by atoms with Gasteiger partial charge in [0.2, 0.25) is 5.88 Å². The van der Waals surface area contributed by atoms with Crippen molar-refractivity contribution >= 4 is 23.4 Å². The number of hydrogen-bond acceptors (Lipinski definition) is 10. The lowest BCUT2D eigenvalue weighted by atomic mass is 10.1. The zero-order valence-corrected chi connectivity index (χ0v) is 15.9. The Morgan fingerprint density at radius 1 is 1.32 bits per heavy atom. The number of phenols is 1. The third kappa shape index (κ3) is 4.68. The van der Waals surface area contributed by atoms with Gasteiger partial charge in [-0.05, 0) is 31.5 Å². The van der Waals surface area contributed by atoms with Crippen LogP contribution in [0.5, 0.6) is 11.6 Å². The number of aromatic nitrogens is 1. The maximum absolute atomic E-state index is 12.7. The second-order valence-electron chi connectivity index (χ2n) is 5.67. The van der Waals surface area contributed by atoms with Gasteiger partial charge < -0.3 is 10.2 Å². The molecular weight excluding hydrogens is 388 g/mol. The van der Waals surface area contributed by atoms with Gasteiger partial charge >= 0.3 is 0 Å². The van der Waals surface area contributed by atoms with E-state index in [4.69, 9.17) is 5.26 Å². The van der Waals surface area contributed by atoms with Crippen LogP contribution in [-0.2, 0) is 15.9 Å². The zero-order valence-electron chi connectivity index (χ0n) is 15.1. The second-order valence-corrected chi connectivity index (χ2v) is 6.44. The molecule has 2 rings (SSSR count). The molecule has 0 spiro atoms. The minimum Gasteiger partial charge on any atom is -0.506 e. The summed E-state index contributed by atoms with van der Waals surface area (Å²) in [4.78, 5) is 13.1. The number of nitrogens with zero attached hydrogens (tertiary/aromatic N) is 4. The van der Waals surface area contributed by atoms with Crippen LogP contribution >= 0.6 is 12.0 Å². The number of azo groups is 1. The van der Waals surface area contributed by atoms with Gasteiger partial charge in [-0.25, -0.2) is 5.26 Å². The van der Waals surface area contributed by atoms with Gasteiger partial charge in [-0.1, -0.05) is 18.4 Å². The molecule has 0 unspecified atom stereocenters. The SMILES string of the molecule is CCCCn1c(O)c(C#N)c(C)c(N=Nc2cc(SOOO)ccc2O)c1=O. The first kappa shape index (κ1) is 21.4. The van der Waals surface area contributed by atoms with Gasteiger partial charge in [-0.15, -0.1) is 14.6 Å². The van der Waals surface area contributed by atoms with E-state index in [-0.39, 0.29) is 34.8 Å². The molecule has 1 aromatic heterocycles. The molecule has 0 aliphatic carbocycles. The number of nitriles is 1. The van der Waals surface area contributed by atoms with Gasteiger partial charge in [-0.2, -0.15) is 5.26 Å². The highest BCUT2D eigenvalue weighted by Gasteiger charge is 2.19. The van der Waals surface area contributed by atoms with E-state index in [0.29, 0.717) is 23.4 Å². The summed E-state index contributed by atoms with van der Waals surface area (Å²) in [5.74, 6) is -0.610. The van der Waals surface area contributed by atoms with Gasteiger partial charge in [0.05, 0.1) is 12.0 Å². The van der Waals surface area contributed by atoms with E-state index in [1.807, 2.05) is 13.0 Å². The second kappa shape index (κ2) is 9.86. The lowest BCUT2D eigenvalue weighted by Crippen LogP contribution is -2.22. The number of hydrogen-bond donors (Lipinski definition) is 3. The topological polar surface area (TPSA) is 150 Å². The predicted molar refractivity (Wildman–Crippen MR) is 99.7 cm³/mol. The molecule has 0 bridgehead atoms. The zero-order chi connectivity index (χ0) is 20.7. The molecule has 3 N–H and O–H groups in total. The Balaban J connectivity index is 2.51. The Kier molecular flexibility index (Phi) is 7.53. The molecule has 1 heterocycles. The first-order valence-electron chi connectivity index (χ1n) is 8.20. The molecule has 0 saturated heterocycles. The van der Waals surface area contributed by atoms with Crippen LogP contribution in [0.15, 0.2) is 38.1 Å². The highest BCUT2D eigenvalue weighted by molar-refractivity contribution is 7.94. The van der Waals surface area contributed by atoms with Crippen LogP contribution in [0.4, 0.5) is 11.4 Å². The average Bonchev–Trinajstić information content (AvgIpc) is 2.68. The highest BCUT2D eigenvalue weighted by atomic mass is 32.2. The van der Waals surface area contributed by atoms with Crippen LogP contribution in [0.3, 0.4) is 0 Å². The number of pyridine rings is 1. The number of phenolic OH excluding ortho intramolecular Hbond substituents is 1. The Morgan fingerprint density at radius 3 is 2.71 bits per heavy atom. The van der Waals surface area contributed by atoms with Crippen molar-refractivity contribution in [3.63, 3.8) is 0 Å². The van der Waals surface area contributed by atoms with Crippen molar-refractivity contribution in [2.45, 2.75) is 38.1 Å². The average molecular weight is 406 g/mol. The van der Waals surface area contributed by atoms with Crippen molar-refractivity contribution in [3.8, 4) is 17.7 Å². The fraction of sp³-hybridized carbons (Fsp3) is 0.294. The van der Waals surface area contributed by atoms with E-state index < -0.39 is 11.4 Å². The van der Waals surface area contributed by atoms with E-state index in [9.17, 15) is 20.3 Å². The fourth-order valence-corrected chi connectivity index (χ4v) is 2.77. The number of rotatable bonds is 8. The minimum absolute atomic E-state index is 0.0250. The molecular formula is C17H18N4O6S. The molecule has 0 amide bonds. The quantitative estimate of drug-likeness (QED) is 0.257. The molecule has 0 aliphatic rings. The van der Waals surface area contributed by atoms with E-state index in [1.165, 1.54) is 25.1 Å². The van der Waals surface area contributed by atoms with Crippen LogP contribution < -0.4 is 5.56 Å². The van der Waals surface area contributed by atoms with Crippen LogP contribution in [0.1, 0.15) is 30.9 Å². The number of unbranched alkanes of at least 4 members (excludes halogenated alkanes) is 1. The summed E-state index contributed by atoms with van der Waals surface area (Å²) in [5.41, 5.74) is -0.557. The Hall–Kier alpha value is -2.91. The molecule has 0 fully saturated rings. The van der Waals surface area contributed by atoms with Crippen LogP contribution in [0.25, 0.3) is 0 Å². The Morgan fingerprint density at radius 2 is 2.07 bits per heavy atom. The van der Waals surface area contributed by atoms with E-state index in [2.05, 4.69) is 19.6 Å². The maximum Gasteiger partial charge on any atom is 0.281 e. The molecule has 0 radical (unpaired) electrons. The minimum atomic E-state index is -0.590. The van der Waals surface area contributed by atoms with Crippen molar-refractivity contribution in [1.82, 2.24) is 4.57 Å². The highest BCUT2D eigenvalue weighted by Crippen LogP contribution is 2.34. The largest absolute Gasteiger partial charge is 0.506 e. The maximum atomic E-state index is 12.7. The molecule has 0 atom stereocenters. The normalized spacial score (nSPS) is 11.1. The van der Waals surface area contributed by atoms with Crippen LogP contribution in [0.2, 0.25) is 0 Å². The summed E-state index contributed by atoms with van der Waals surface area (Å²) >= 11 is 0.664. The molecule has 28 heavy (non-hydrogen) atoms. The monoisotopic (exact) mass is 406 g/mol. The summed E-state index contributed by atoms with van der Waals surface area (Å²) < 4.78 is 5.40. The molecule has 1 aromatic carbocycles. The van der Waals surface area contributed by atoms with Crippen molar-refractivity contribution in [2.24, 2.45) is 10.2 Å². The van der Waals surface area contributed by atoms with Gasteiger partial charge in [0.15, 0.2) is 5.69 Å². The van der Waals surface area contributed by atoms with E-state index in [1.54, 1.807) is 0 Å². The molecule has 10 nitrogen and oxygen atoms in total. The molecule has 0 saturated carbocycles. The predicted octanol–water partition coefficient (Wildman–Crippen LogP) is 4.08. The van der Waals surface area contributed by atoms with E-state index in [0.717, 1.165) is 11.0 Å². The smallest absolute Gasteiger partial charge is 0.281 e. The van der Waals surface area contributed by atoms with Gasteiger partial charge in [0.1, 0.15) is 23.1 Å². The lowest BCUT2D eigenvalue weighted by Gasteiger charge is -2.12. The van der Waals surface area contributed by atoms with Crippen molar-refractivity contribution < 1.29 is 24.8 Å². The summed E-state index contributed by atoms with van der Waals surface area (Å²) in [6.45, 7) is 3.65. The van der Waals surface area contributed by atoms with Crippen molar-refractivity contribution in [1.29, 1.82) is 5.26 Å².